The van der Waals surface area contributed by atoms with Gasteiger partial charge in [0.2, 0.25) is 0 Å². The van der Waals surface area contributed by atoms with E-state index >= 15 is 0 Å². The Morgan fingerprint density at radius 2 is 2.00 bits per heavy atom. The van der Waals surface area contributed by atoms with Gasteiger partial charge in [-0.2, -0.15) is 0 Å². The summed E-state index contributed by atoms with van der Waals surface area (Å²) in [5, 5.41) is 2.55. The Morgan fingerprint density at radius 1 is 1.19 bits per heavy atom. The van der Waals surface area contributed by atoms with E-state index in [4.69, 9.17) is 16.3 Å². The number of alkyl halides is 1. The van der Waals surface area contributed by atoms with Crippen molar-refractivity contribution in [2.45, 2.75) is 11.8 Å². The number of nitrogens with one attached hydrogen (secondary N) is 1. The summed E-state index contributed by atoms with van der Waals surface area (Å²) in [6.45, 7) is 0.700. The van der Waals surface area contributed by atoms with E-state index in [1.807, 2.05) is 42.5 Å². The van der Waals surface area contributed by atoms with Crippen molar-refractivity contribution < 1.29 is 9.53 Å². The zero-order valence-electron chi connectivity index (χ0n) is 11.7. The van der Waals surface area contributed by atoms with Crippen LogP contribution in [0.1, 0.15) is 32.4 Å². The van der Waals surface area contributed by atoms with Gasteiger partial charge < -0.3 is 10.1 Å². The monoisotopic (exact) mass is 301 g/mol. The molecule has 0 aliphatic carbocycles. The molecule has 3 nitrogen and oxygen atoms in total. The van der Waals surface area contributed by atoms with Gasteiger partial charge in [0.15, 0.2) is 0 Å². The van der Waals surface area contributed by atoms with Crippen molar-refractivity contribution in [3.8, 4) is 5.75 Å². The average Bonchev–Trinajstić information content (AvgIpc) is 2.54. The second kappa shape index (κ2) is 5.78. The third kappa shape index (κ3) is 2.74. The minimum atomic E-state index is -0.305. The van der Waals surface area contributed by atoms with Crippen LogP contribution in [0.3, 0.4) is 0 Å². The Morgan fingerprint density at radius 3 is 2.81 bits per heavy atom. The number of amides is 1. The van der Waals surface area contributed by atoms with Gasteiger partial charge in [0.25, 0.3) is 5.91 Å². The molecular weight excluding hydrogens is 286 g/mol. The fourth-order valence-corrected chi connectivity index (χ4v) is 2.85. The molecule has 1 heterocycles. The van der Waals surface area contributed by atoms with Crippen molar-refractivity contribution in [3.05, 3.63) is 64.7 Å². The van der Waals surface area contributed by atoms with E-state index in [1.165, 1.54) is 0 Å². The number of hydrogen-bond donors (Lipinski definition) is 1. The molecule has 1 aliphatic heterocycles. The molecule has 0 saturated carbocycles. The number of carbonyl (C=O) groups is 1. The Hall–Kier alpha value is -2.00. The van der Waals surface area contributed by atoms with Crippen LogP contribution in [0, 0.1) is 0 Å². The minimum Gasteiger partial charge on any atom is -0.497 e. The Kier molecular flexibility index (Phi) is 3.84. The first-order valence-electron chi connectivity index (χ1n) is 6.88. The van der Waals surface area contributed by atoms with E-state index in [9.17, 15) is 4.79 Å². The van der Waals surface area contributed by atoms with Gasteiger partial charge in [0.05, 0.1) is 12.5 Å². The van der Waals surface area contributed by atoms with Gasteiger partial charge in [-0.1, -0.05) is 24.3 Å². The standard InChI is InChI=1S/C17H16ClNO2/c1-21-14-4-2-3-12(9-14)16(18)13-6-5-11-7-8-19-17(20)15(11)10-13/h2-6,9-10,16H,7-8H2,1H3,(H,19,20). The Bertz CT molecular complexity index is 684. The third-order valence-electron chi connectivity index (χ3n) is 3.74. The van der Waals surface area contributed by atoms with Crippen LogP contribution >= 0.6 is 11.6 Å². The first-order valence-corrected chi connectivity index (χ1v) is 7.32. The quantitative estimate of drug-likeness (QED) is 0.883. The van der Waals surface area contributed by atoms with Crippen LogP contribution in [0.4, 0.5) is 0 Å². The highest BCUT2D eigenvalue weighted by molar-refractivity contribution is 6.22. The second-order valence-electron chi connectivity index (χ2n) is 5.06. The molecule has 1 N–H and O–H groups in total. The first-order chi connectivity index (χ1) is 10.2. The molecule has 0 bridgehead atoms. The zero-order valence-corrected chi connectivity index (χ0v) is 12.5. The van der Waals surface area contributed by atoms with Crippen LogP contribution in [0.25, 0.3) is 0 Å². The summed E-state index contributed by atoms with van der Waals surface area (Å²) in [6, 6.07) is 13.5. The molecule has 108 valence electrons. The number of benzene rings is 2. The number of methoxy groups -OCH3 is 1. The number of ether oxygens (including phenoxy) is 1. The van der Waals surface area contributed by atoms with Crippen molar-refractivity contribution in [3.63, 3.8) is 0 Å². The lowest BCUT2D eigenvalue weighted by Crippen LogP contribution is -2.31. The lowest BCUT2D eigenvalue weighted by atomic mass is 9.95. The lowest BCUT2D eigenvalue weighted by molar-refractivity contribution is 0.0946. The first kappa shape index (κ1) is 14.0. The molecule has 2 aromatic carbocycles. The predicted molar refractivity (Wildman–Crippen MR) is 83.2 cm³/mol. The zero-order chi connectivity index (χ0) is 14.8. The molecule has 0 fully saturated rings. The van der Waals surface area contributed by atoms with Crippen LogP contribution < -0.4 is 10.1 Å². The van der Waals surface area contributed by atoms with E-state index in [-0.39, 0.29) is 11.3 Å². The molecule has 3 rings (SSSR count). The van der Waals surface area contributed by atoms with Crippen molar-refractivity contribution in [2.24, 2.45) is 0 Å². The maximum Gasteiger partial charge on any atom is 0.251 e. The third-order valence-corrected chi connectivity index (χ3v) is 4.24. The van der Waals surface area contributed by atoms with Gasteiger partial charge in [-0.05, 0) is 41.3 Å². The number of halogens is 1. The van der Waals surface area contributed by atoms with Crippen molar-refractivity contribution in [2.75, 3.05) is 13.7 Å². The molecule has 1 amide bonds. The summed E-state index contributed by atoms with van der Waals surface area (Å²) >= 11 is 6.56. The molecular formula is C17H16ClNO2. The van der Waals surface area contributed by atoms with Crippen molar-refractivity contribution in [1.29, 1.82) is 0 Å². The van der Waals surface area contributed by atoms with Gasteiger partial charge in [-0.15, -0.1) is 11.6 Å². The highest BCUT2D eigenvalue weighted by atomic mass is 35.5. The van der Waals surface area contributed by atoms with E-state index in [2.05, 4.69) is 5.32 Å². The number of carbonyl (C=O) groups excluding carboxylic acids is 1. The van der Waals surface area contributed by atoms with Crippen LogP contribution in [-0.2, 0) is 6.42 Å². The van der Waals surface area contributed by atoms with Crippen LogP contribution in [0.2, 0.25) is 0 Å². The predicted octanol–water partition coefficient (Wildman–Crippen LogP) is 3.31. The van der Waals surface area contributed by atoms with Gasteiger partial charge in [-0.3, -0.25) is 4.79 Å². The number of fused-ring (bicyclic) bond motifs is 1. The molecule has 21 heavy (non-hydrogen) atoms. The molecule has 1 atom stereocenters. The largest absolute Gasteiger partial charge is 0.497 e. The van der Waals surface area contributed by atoms with E-state index in [1.54, 1.807) is 7.11 Å². The second-order valence-corrected chi connectivity index (χ2v) is 5.50. The molecule has 1 aliphatic rings. The number of rotatable bonds is 3. The van der Waals surface area contributed by atoms with E-state index < -0.39 is 0 Å². The highest BCUT2D eigenvalue weighted by Gasteiger charge is 2.19. The van der Waals surface area contributed by atoms with Gasteiger partial charge in [0.1, 0.15) is 5.75 Å². The van der Waals surface area contributed by atoms with Gasteiger partial charge in [0, 0.05) is 12.1 Å². The Balaban J connectivity index is 1.96. The summed E-state index contributed by atoms with van der Waals surface area (Å²) in [5.41, 5.74) is 3.68. The van der Waals surface area contributed by atoms with Crippen LogP contribution in [0.15, 0.2) is 42.5 Å². The summed E-state index contributed by atoms with van der Waals surface area (Å²) in [7, 11) is 1.63. The molecule has 0 saturated heterocycles. The van der Waals surface area contributed by atoms with Crippen molar-refractivity contribution in [1.82, 2.24) is 5.32 Å². The van der Waals surface area contributed by atoms with Crippen molar-refractivity contribution >= 4 is 17.5 Å². The van der Waals surface area contributed by atoms with Gasteiger partial charge >= 0.3 is 0 Å². The lowest BCUT2D eigenvalue weighted by Gasteiger charge is -2.19. The average molecular weight is 302 g/mol. The topological polar surface area (TPSA) is 38.3 Å². The van der Waals surface area contributed by atoms with E-state index in [0.29, 0.717) is 6.54 Å². The minimum absolute atomic E-state index is 0.0207. The fourth-order valence-electron chi connectivity index (χ4n) is 2.58. The summed E-state index contributed by atoms with van der Waals surface area (Å²) in [4.78, 5) is 11.9. The SMILES string of the molecule is COc1cccc(C(Cl)c2ccc3c(c2)C(=O)NCC3)c1. The van der Waals surface area contributed by atoms with Crippen LogP contribution in [-0.4, -0.2) is 19.6 Å². The van der Waals surface area contributed by atoms with Gasteiger partial charge in [-0.25, -0.2) is 0 Å². The van der Waals surface area contributed by atoms with E-state index in [0.717, 1.165) is 34.4 Å². The maximum atomic E-state index is 11.9. The molecule has 0 aromatic heterocycles. The van der Waals surface area contributed by atoms with Crippen LogP contribution in [0.5, 0.6) is 5.75 Å². The smallest absolute Gasteiger partial charge is 0.251 e. The number of hydrogen-bond acceptors (Lipinski definition) is 2. The fraction of sp³-hybridized carbons (Fsp3) is 0.235. The summed E-state index contributed by atoms with van der Waals surface area (Å²) in [6.07, 6.45) is 0.869. The molecule has 1 unspecified atom stereocenters. The maximum absolute atomic E-state index is 11.9. The highest BCUT2D eigenvalue weighted by Crippen LogP contribution is 2.32. The summed E-state index contributed by atoms with van der Waals surface area (Å²) < 4.78 is 5.23. The molecule has 0 spiro atoms. The summed E-state index contributed by atoms with van der Waals surface area (Å²) in [5.74, 6) is 0.751. The normalized spacial score (nSPS) is 15.0. The molecule has 2 aromatic rings. The molecule has 4 heteroatoms. The molecule has 0 radical (unpaired) electrons. The Labute approximate surface area is 128 Å².